The van der Waals surface area contributed by atoms with Crippen molar-refractivity contribution in [3.05, 3.63) is 131 Å². The normalized spacial score (nSPS) is 13.6. The monoisotopic (exact) mass is 722 g/mol. The lowest BCUT2D eigenvalue weighted by Crippen LogP contribution is -2.06. The molecule has 1 aromatic heterocycles. The lowest BCUT2D eigenvalue weighted by atomic mass is 10.0. The number of nitro benzene ring substituents is 2. The summed E-state index contributed by atoms with van der Waals surface area (Å²) in [5, 5.41) is 22.1. The number of nitrogens with zero attached hydrogens (tertiary/aromatic N) is 3. The molecule has 0 amide bonds. The van der Waals surface area contributed by atoms with Gasteiger partial charge in [-0.3, -0.25) is 20.2 Å². The third-order valence-electron chi connectivity index (χ3n) is 6.58. The van der Waals surface area contributed by atoms with E-state index in [1.807, 2.05) is 18.2 Å². The summed E-state index contributed by atoms with van der Waals surface area (Å²) in [5.74, 6) is 2.45. The zero-order valence-electron chi connectivity index (χ0n) is 23.4. The minimum atomic E-state index is -0.482. The number of aryl methyl sites for hydroxylation is 2. The van der Waals surface area contributed by atoms with E-state index in [9.17, 15) is 20.2 Å². The maximum atomic E-state index is 11.0. The number of aromatic amines is 1. The first-order valence-electron chi connectivity index (χ1n) is 13.4. The van der Waals surface area contributed by atoms with E-state index in [1.165, 1.54) is 48.5 Å². The van der Waals surface area contributed by atoms with Gasteiger partial charge in [0.05, 0.1) is 24.5 Å². The van der Waals surface area contributed by atoms with Gasteiger partial charge in [0.2, 0.25) is 11.8 Å². The highest BCUT2D eigenvalue weighted by Gasteiger charge is 2.25. The van der Waals surface area contributed by atoms with Crippen LogP contribution in [0, 0.1) is 20.2 Å². The smallest absolute Gasteiger partial charge is 0.269 e. The third kappa shape index (κ3) is 6.74. The van der Waals surface area contributed by atoms with E-state index >= 15 is 0 Å². The predicted octanol–water partition coefficient (Wildman–Crippen LogP) is 9.03. The molecule has 0 atom stereocenters. The largest absolute Gasteiger partial charge is 0.452 e. The van der Waals surface area contributed by atoms with E-state index < -0.39 is 9.85 Å². The number of hydrogen-bond donors (Lipinski definition) is 1. The molecule has 13 heteroatoms. The highest BCUT2D eigenvalue weighted by atomic mass is 79.9. The Morgan fingerprint density at radius 3 is 1.91 bits per heavy atom. The lowest BCUT2D eigenvalue weighted by Gasteiger charge is -2.17. The Bertz CT molecular complexity index is 1810. The van der Waals surface area contributed by atoms with Gasteiger partial charge in [-0.2, -0.15) is 0 Å². The van der Waals surface area contributed by atoms with Gasteiger partial charge in [0.15, 0.2) is 5.76 Å². The molecule has 0 saturated heterocycles. The summed E-state index contributed by atoms with van der Waals surface area (Å²) in [6.45, 7) is 4.10. The molecule has 0 radical (unpaired) electrons. The van der Waals surface area contributed by atoms with Crippen LogP contribution in [-0.2, 0) is 12.8 Å². The number of aliphatic imine (C=N–C) groups is 1. The first-order valence-corrected chi connectivity index (χ1v) is 15.0. The van der Waals surface area contributed by atoms with E-state index in [0.29, 0.717) is 49.2 Å². The maximum Gasteiger partial charge on any atom is 0.269 e. The minimum absolute atomic E-state index is 0.0477. The first kappa shape index (κ1) is 30.7. The van der Waals surface area contributed by atoms with Crippen molar-refractivity contribution in [2.75, 3.05) is 0 Å². The summed E-state index contributed by atoms with van der Waals surface area (Å²) >= 11 is 7.06. The van der Waals surface area contributed by atoms with Gasteiger partial charge in [-0.05, 0) is 92.2 Å². The van der Waals surface area contributed by atoms with E-state index in [1.54, 1.807) is 12.1 Å². The van der Waals surface area contributed by atoms with Crippen LogP contribution in [0.4, 0.5) is 11.4 Å². The lowest BCUT2D eigenvalue weighted by molar-refractivity contribution is -0.385. The number of nitro groups is 2. The fraction of sp³-hybridized carbons (Fsp3) is 0.129. The van der Waals surface area contributed by atoms with Crippen LogP contribution in [0.5, 0.6) is 23.1 Å². The Morgan fingerprint density at radius 2 is 1.39 bits per heavy atom. The molecule has 3 aromatic carbocycles. The minimum Gasteiger partial charge on any atom is -0.452 e. The Balaban J connectivity index is 1.55. The van der Waals surface area contributed by atoms with Gasteiger partial charge in [-0.25, -0.2) is 4.99 Å². The van der Waals surface area contributed by atoms with E-state index in [4.69, 9.17) is 19.2 Å². The fourth-order valence-corrected chi connectivity index (χ4v) is 5.14. The average Bonchev–Trinajstić information content (AvgIpc) is 3.56. The maximum absolute atomic E-state index is 11.0. The molecule has 224 valence electrons. The summed E-state index contributed by atoms with van der Waals surface area (Å²) in [7, 11) is 0. The van der Waals surface area contributed by atoms with Crippen LogP contribution in [0.1, 0.15) is 30.7 Å². The number of rotatable bonds is 10. The highest BCUT2D eigenvalue weighted by molar-refractivity contribution is 9.12. The molecule has 0 saturated carbocycles. The van der Waals surface area contributed by atoms with Gasteiger partial charge in [0.1, 0.15) is 22.9 Å². The Hall–Kier alpha value is -4.75. The van der Waals surface area contributed by atoms with E-state index in [0.717, 1.165) is 24.0 Å². The summed E-state index contributed by atoms with van der Waals surface area (Å²) in [6.07, 6.45) is 3.24. The molecule has 4 aromatic rings. The van der Waals surface area contributed by atoms with Crippen LogP contribution in [0.2, 0.25) is 0 Å². The first-order chi connectivity index (χ1) is 21.2. The van der Waals surface area contributed by atoms with Crippen molar-refractivity contribution in [3.63, 3.8) is 0 Å². The SMILES string of the molecule is CCc1cccc(CC)c1O/C(=C1\C=C(Br)C(Oc2ccc([N+](=O)[O-])cc2)=N1)c1cc(Br)c(Oc2ccc([N+](=O)[O-])cc2)[nH]1. The second-order valence-corrected chi connectivity index (χ2v) is 11.1. The fourth-order valence-electron chi connectivity index (χ4n) is 4.35. The van der Waals surface area contributed by atoms with Gasteiger partial charge in [0.25, 0.3) is 11.4 Å². The van der Waals surface area contributed by atoms with Crippen molar-refractivity contribution in [1.29, 1.82) is 0 Å². The van der Waals surface area contributed by atoms with Gasteiger partial charge < -0.3 is 19.2 Å². The quantitative estimate of drug-likeness (QED) is 0.0977. The molecule has 1 N–H and O–H groups in total. The molecular formula is C31H24Br2N4O7. The number of non-ortho nitro benzene ring substituents is 2. The summed E-state index contributed by atoms with van der Waals surface area (Å²) in [4.78, 5) is 29.0. The van der Waals surface area contributed by atoms with Crippen LogP contribution in [0.3, 0.4) is 0 Å². The van der Waals surface area contributed by atoms with Gasteiger partial charge in [0, 0.05) is 24.3 Å². The van der Waals surface area contributed by atoms with Crippen LogP contribution < -0.4 is 14.2 Å². The number of allylic oxidation sites excluding steroid dienone is 1. The third-order valence-corrected chi connectivity index (χ3v) is 7.73. The molecule has 0 aliphatic carbocycles. The van der Waals surface area contributed by atoms with Crippen molar-refractivity contribution >= 4 is 54.9 Å². The standard InChI is InChI=1S/C31H24Br2N4O7/c1-3-18-6-5-7-19(4-2)28(18)44-29(26-16-24(32)30(34-26)42-22-12-8-20(9-13-22)36(38)39)27-17-25(33)31(35-27)43-23-14-10-21(11-15-23)37(40)41/h5-17,34H,3-4H2,1-2H3/b29-27+. The van der Waals surface area contributed by atoms with Crippen LogP contribution in [-0.4, -0.2) is 20.7 Å². The number of aromatic nitrogens is 1. The molecule has 2 heterocycles. The zero-order chi connectivity index (χ0) is 31.4. The summed E-state index contributed by atoms with van der Waals surface area (Å²) < 4.78 is 19.7. The van der Waals surface area contributed by atoms with Crippen LogP contribution in [0.15, 0.2) is 98.5 Å². The molecule has 0 bridgehead atoms. The van der Waals surface area contributed by atoms with Gasteiger partial charge in [-0.15, -0.1) is 0 Å². The second-order valence-electron chi connectivity index (χ2n) is 9.40. The Kier molecular flexibility index (Phi) is 9.26. The van der Waals surface area contributed by atoms with Crippen molar-refractivity contribution in [3.8, 4) is 23.1 Å². The molecule has 5 rings (SSSR count). The summed E-state index contributed by atoms with van der Waals surface area (Å²) in [6, 6.07) is 19.2. The molecular weight excluding hydrogens is 700 g/mol. The Morgan fingerprint density at radius 1 is 0.841 bits per heavy atom. The second kappa shape index (κ2) is 13.3. The van der Waals surface area contributed by atoms with Gasteiger partial charge >= 0.3 is 0 Å². The zero-order valence-corrected chi connectivity index (χ0v) is 26.5. The number of benzene rings is 3. The Labute approximate surface area is 268 Å². The average molecular weight is 724 g/mol. The van der Waals surface area contributed by atoms with Crippen molar-refractivity contribution < 1.29 is 24.1 Å². The van der Waals surface area contributed by atoms with Crippen molar-refractivity contribution in [2.24, 2.45) is 4.99 Å². The number of ether oxygens (including phenoxy) is 3. The number of halogens is 2. The number of nitrogens with one attached hydrogen (secondary N) is 1. The predicted molar refractivity (Wildman–Crippen MR) is 173 cm³/mol. The topological polar surface area (TPSA) is 142 Å². The van der Waals surface area contributed by atoms with Crippen molar-refractivity contribution in [1.82, 2.24) is 4.98 Å². The molecule has 0 fully saturated rings. The molecule has 1 aliphatic rings. The molecule has 1 aliphatic heterocycles. The van der Waals surface area contributed by atoms with Gasteiger partial charge in [-0.1, -0.05) is 32.0 Å². The van der Waals surface area contributed by atoms with Crippen LogP contribution >= 0.6 is 31.9 Å². The molecule has 0 spiro atoms. The molecule has 0 unspecified atom stereocenters. The number of para-hydroxylation sites is 1. The van der Waals surface area contributed by atoms with E-state index in [2.05, 4.69) is 50.7 Å². The highest BCUT2D eigenvalue weighted by Crippen LogP contribution is 2.38. The number of hydrogen-bond acceptors (Lipinski definition) is 8. The van der Waals surface area contributed by atoms with Crippen LogP contribution in [0.25, 0.3) is 5.76 Å². The summed E-state index contributed by atoms with van der Waals surface area (Å²) in [5.41, 5.74) is 2.91. The molecule has 11 nitrogen and oxygen atoms in total. The molecule has 44 heavy (non-hydrogen) atoms. The number of H-pyrrole nitrogens is 1. The van der Waals surface area contributed by atoms with E-state index in [-0.39, 0.29) is 17.3 Å². The van der Waals surface area contributed by atoms with Crippen molar-refractivity contribution in [2.45, 2.75) is 26.7 Å².